The first kappa shape index (κ1) is 19.3. The summed E-state index contributed by atoms with van der Waals surface area (Å²) >= 11 is 6.17. The van der Waals surface area contributed by atoms with E-state index >= 15 is 0 Å². The lowest BCUT2D eigenvalue weighted by atomic mass is 9.98. The van der Waals surface area contributed by atoms with Crippen LogP contribution in [-0.4, -0.2) is 24.8 Å². The second-order valence-electron chi connectivity index (χ2n) is 5.90. The largest absolute Gasteiger partial charge is 0.416 e. The zero-order valence-electron chi connectivity index (χ0n) is 14.4. The van der Waals surface area contributed by atoms with E-state index in [-0.39, 0.29) is 0 Å². The molecule has 0 aliphatic carbocycles. The van der Waals surface area contributed by atoms with Gasteiger partial charge in [-0.05, 0) is 55.2 Å². The molecule has 0 aliphatic rings. The summed E-state index contributed by atoms with van der Waals surface area (Å²) in [5, 5.41) is 0.513. The van der Waals surface area contributed by atoms with E-state index in [1.807, 2.05) is 25.8 Å². The molecule has 0 fully saturated rings. The summed E-state index contributed by atoms with van der Waals surface area (Å²) in [5.74, 6) is 0. The van der Waals surface area contributed by atoms with E-state index in [2.05, 4.69) is 4.99 Å². The SMILES string of the molecule is CCN(C)/C=N\c1cc(Cl)cc(Cc2cccc(C(F)(F)F)c2)c1C. The first-order valence-electron chi connectivity index (χ1n) is 7.90. The van der Waals surface area contributed by atoms with Crippen LogP contribution in [0.4, 0.5) is 18.9 Å². The van der Waals surface area contributed by atoms with Crippen molar-refractivity contribution in [3.05, 3.63) is 63.7 Å². The molecule has 6 heteroatoms. The summed E-state index contributed by atoms with van der Waals surface area (Å²) in [6, 6.07) is 8.89. The van der Waals surface area contributed by atoms with Gasteiger partial charge in [0, 0.05) is 18.6 Å². The highest BCUT2D eigenvalue weighted by Crippen LogP contribution is 2.32. The van der Waals surface area contributed by atoms with Crippen LogP contribution in [0.2, 0.25) is 5.02 Å². The van der Waals surface area contributed by atoms with Crippen LogP contribution in [0.3, 0.4) is 0 Å². The van der Waals surface area contributed by atoms with Crippen LogP contribution < -0.4 is 0 Å². The predicted molar refractivity (Wildman–Crippen MR) is 96.9 cm³/mol. The van der Waals surface area contributed by atoms with Crippen molar-refractivity contribution in [1.29, 1.82) is 0 Å². The normalized spacial score (nSPS) is 12.0. The second-order valence-corrected chi connectivity index (χ2v) is 6.34. The maximum Gasteiger partial charge on any atom is 0.416 e. The predicted octanol–water partition coefficient (Wildman–Crippen LogP) is 5.87. The molecular formula is C19H20ClF3N2. The molecule has 0 bridgehead atoms. The van der Waals surface area contributed by atoms with Crippen molar-refractivity contribution in [3.8, 4) is 0 Å². The van der Waals surface area contributed by atoms with Crippen LogP contribution in [0.25, 0.3) is 0 Å². The van der Waals surface area contributed by atoms with E-state index in [1.54, 1.807) is 24.5 Å². The number of hydrogen-bond acceptors (Lipinski definition) is 1. The van der Waals surface area contributed by atoms with Crippen molar-refractivity contribution in [2.24, 2.45) is 4.99 Å². The fraction of sp³-hybridized carbons (Fsp3) is 0.316. The monoisotopic (exact) mass is 368 g/mol. The highest BCUT2D eigenvalue weighted by Gasteiger charge is 2.30. The minimum Gasteiger partial charge on any atom is -0.366 e. The van der Waals surface area contributed by atoms with Gasteiger partial charge in [0.25, 0.3) is 0 Å². The molecular weight excluding hydrogens is 349 g/mol. The summed E-state index contributed by atoms with van der Waals surface area (Å²) in [7, 11) is 1.91. The van der Waals surface area contributed by atoms with Crippen molar-refractivity contribution >= 4 is 23.6 Å². The van der Waals surface area contributed by atoms with Gasteiger partial charge < -0.3 is 4.90 Å². The Hall–Kier alpha value is -2.01. The quantitative estimate of drug-likeness (QED) is 0.476. The summed E-state index contributed by atoms with van der Waals surface area (Å²) in [5.41, 5.74) is 2.42. The topological polar surface area (TPSA) is 15.6 Å². The second kappa shape index (κ2) is 7.91. The molecule has 2 aromatic rings. The third-order valence-electron chi connectivity index (χ3n) is 3.99. The lowest BCUT2D eigenvalue weighted by Crippen LogP contribution is -2.14. The Morgan fingerprint density at radius 3 is 2.56 bits per heavy atom. The minimum atomic E-state index is -4.35. The summed E-state index contributed by atoms with van der Waals surface area (Å²) in [6.07, 6.45) is -2.27. The summed E-state index contributed by atoms with van der Waals surface area (Å²) < 4.78 is 38.6. The lowest BCUT2D eigenvalue weighted by molar-refractivity contribution is -0.137. The zero-order chi connectivity index (χ0) is 18.6. The third-order valence-corrected chi connectivity index (χ3v) is 4.21. The van der Waals surface area contributed by atoms with Crippen LogP contribution in [-0.2, 0) is 12.6 Å². The smallest absolute Gasteiger partial charge is 0.366 e. The molecule has 0 aliphatic heterocycles. The number of alkyl halides is 3. The third kappa shape index (κ3) is 5.23. The Kier molecular flexibility index (Phi) is 6.11. The van der Waals surface area contributed by atoms with Crippen molar-refractivity contribution in [2.45, 2.75) is 26.4 Å². The van der Waals surface area contributed by atoms with Gasteiger partial charge in [0.1, 0.15) is 0 Å². The van der Waals surface area contributed by atoms with Crippen molar-refractivity contribution in [3.63, 3.8) is 0 Å². The standard InChI is InChI=1S/C19H20ClF3N2/c1-4-25(3)12-24-18-11-17(20)10-15(13(18)2)8-14-6-5-7-16(9-14)19(21,22)23/h5-7,9-12H,4,8H2,1-3H3/b24-12-. The van der Waals surface area contributed by atoms with E-state index in [4.69, 9.17) is 11.6 Å². The molecule has 2 aromatic carbocycles. The zero-order valence-corrected chi connectivity index (χ0v) is 15.1. The van der Waals surface area contributed by atoms with Crippen molar-refractivity contribution < 1.29 is 13.2 Å². The van der Waals surface area contributed by atoms with E-state index in [0.717, 1.165) is 29.4 Å². The van der Waals surface area contributed by atoms with E-state index < -0.39 is 11.7 Å². The van der Waals surface area contributed by atoms with E-state index in [9.17, 15) is 13.2 Å². The number of aliphatic imine (C=N–C) groups is 1. The molecule has 0 spiro atoms. The van der Waals surface area contributed by atoms with Crippen molar-refractivity contribution in [2.75, 3.05) is 13.6 Å². The highest BCUT2D eigenvalue weighted by atomic mass is 35.5. The summed E-state index contributed by atoms with van der Waals surface area (Å²) in [6.45, 7) is 4.73. The van der Waals surface area contributed by atoms with Crippen molar-refractivity contribution in [1.82, 2.24) is 4.90 Å². The molecule has 2 rings (SSSR count). The van der Waals surface area contributed by atoms with Crippen LogP contribution >= 0.6 is 11.6 Å². The summed E-state index contributed by atoms with van der Waals surface area (Å²) in [4.78, 5) is 6.36. The number of nitrogens with zero attached hydrogens (tertiary/aromatic N) is 2. The fourth-order valence-electron chi connectivity index (χ4n) is 2.36. The van der Waals surface area contributed by atoms with Crippen LogP contribution in [0.1, 0.15) is 29.2 Å². The average Bonchev–Trinajstić information content (AvgIpc) is 2.55. The lowest BCUT2D eigenvalue weighted by Gasteiger charge is -2.13. The Balaban J connectivity index is 2.34. The van der Waals surface area contributed by atoms with Crippen LogP contribution in [0.15, 0.2) is 41.4 Å². The molecule has 0 saturated heterocycles. The number of hydrogen-bond donors (Lipinski definition) is 0. The van der Waals surface area contributed by atoms with E-state index in [0.29, 0.717) is 17.0 Å². The first-order valence-corrected chi connectivity index (χ1v) is 8.28. The average molecular weight is 369 g/mol. The highest BCUT2D eigenvalue weighted by molar-refractivity contribution is 6.31. The molecule has 0 aromatic heterocycles. The van der Waals surface area contributed by atoms with Gasteiger partial charge in [-0.25, -0.2) is 4.99 Å². The Morgan fingerprint density at radius 2 is 1.92 bits per heavy atom. The molecule has 0 heterocycles. The molecule has 0 unspecified atom stereocenters. The van der Waals surface area contributed by atoms with Gasteiger partial charge in [-0.1, -0.05) is 29.8 Å². The Labute approximate surface area is 150 Å². The molecule has 0 atom stereocenters. The van der Waals surface area contributed by atoms with E-state index in [1.165, 1.54) is 12.1 Å². The Bertz CT molecular complexity index is 770. The molecule has 0 N–H and O–H groups in total. The maximum absolute atomic E-state index is 12.9. The maximum atomic E-state index is 12.9. The molecule has 25 heavy (non-hydrogen) atoms. The van der Waals surface area contributed by atoms with Gasteiger partial charge in [-0.3, -0.25) is 0 Å². The molecule has 0 saturated carbocycles. The minimum absolute atomic E-state index is 0.364. The van der Waals surface area contributed by atoms with Gasteiger partial charge in [-0.15, -0.1) is 0 Å². The molecule has 2 nitrogen and oxygen atoms in total. The fourth-order valence-corrected chi connectivity index (χ4v) is 2.59. The molecule has 0 radical (unpaired) electrons. The van der Waals surface area contributed by atoms with Gasteiger partial charge in [0.05, 0.1) is 17.6 Å². The number of rotatable bonds is 5. The first-order chi connectivity index (χ1) is 11.7. The van der Waals surface area contributed by atoms with Crippen LogP contribution in [0, 0.1) is 6.92 Å². The molecule has 0 amide bonds. The molecule has 134 valence electrons. The van der Waals surface area contributed by atoms with Gasteiger partial charge in [0.15, 0.2) is 0 Å². The van der Waals surface area contributed by atoms with Gasteiger partial charge in [0.2, 0.25) is 0 Å². The number of halogens is 4. The van der Waals surface area contributed by atoms with Gasteiger partial charge in [-0.2, -0.15) is 13.2 Å². The Morgan fingerprint density at radius 1 is 1.20 bits per heavy atom. The van der Waals surface area contributed by atoms with Crippen LogP contribution in [0.5, 0.6) is 0 Å². The number of benzene rings is 2. The van der Waals surface area contributed by atoms with Gasteiger partial charge >= 0.3 is 6.18 Å².